The van der Waals surface area contributed by atoms with Crippen LogP contribution in [-0.4, -0.2) is 60.5 Å². The van der Waals surface area contributed by atoms with Crippen molar-refractivity contribution in [3.8, 4) is 0 Å². The number of rotatable bonds is 1. The lowest BCUT2D eigenvalue weighted by Gasteiger charge is -2.26. The zero-order valence-electron chi connectivity index (χ0n) is 20.0. The normalized spacial score (nSPS) is 25.1. The average Bonchev–Trinajstić information content (AvgIpc) is 2.76. The highest BCUT2D eigenvalue weighted by molar-refractivity contribution is 5.93. The molecule has 0 aliphatic carbocycles. The van der Waals surface area contributed by atoms with E-state index < -0.39 is 41.3 Å². The Morgan fingerprint density at radius 2 is 1.73 bits per heavy atom. The van der Waals surface area contributed by atoms with Crippen LogP contribution in [0.15, 0.2) is 18.3 Å². The Labute approximate surface area is 194 Å². The number of methoxy groups -OCH3 is 1. The van der Waals surface area contributed by atoms with Crippen molar-refractivity contribution < 1.29 is 23.9 Å². The highest BCUT2D eigenvalue weighted by atomic mass is 16.5. The van der Waals surface area contributed by atoms with Crippen molar-refractivity contribution in [3.05, 3.63) is 23.9 Å². The van der Waals surface area contributed by atoms with Gasteiger partial charge in [-0.15, -0.1) is 0 Å². The van der Waals surface area contributed by atoms with E-state index in [1.165, 1.54) is 14.0 Å². The summed E-state index contributed by atoms with van der Waals surface area (Å²) < 4.78 is 4.81. The fourth-order valence-corrected chi connectivity index (χ4v) is 3.51. The highest BCUT2D eigenvalue weighted by Crippen LogP contribution is 2.23. The Balaban J connectivity index is 2.23. The first-order chi connectivity index (χ1) is 15.5. The summed E-state index contributed by atoms with van der Waals surface area (Å²) in [6.07, 6.45) is 3.95. The number of esters is 1. The molecule has 2 rings (SSSR count). The fraction of sp³-hybridized carbons (Fsp3) is 0.609. The molecule has 2 heterocycles. The molecule has 0 saturated heterocycles. The number of amides is 3. The largest absolute Gasteiger partial charge is 0.467 e. The van der Waals surface area contributed by atoms with Crippen LogP contribution in [0.4, 0.5) is 5.82 Å². The molecule has 1 aliphatic rings. The van der Waals surface area contributed by atoms with E-state index in [-0.39, 0.29) is 5.91 Å². The summed E-state index contributed by atoms with van der Waals surface area (Å²) in [5.41, 5.74) is 0.170. The van der Waals surface area contributed by atoms with Gasteiger partial charge in [-0.3, -0.25) is 14.4 Å². The predicted molar refractivity (Wildman–Crippen MR) is 123 cm³/mol. The van der Waals surface area contributed by atoms with Gasteiger partial charge in [-0.1, -0.05) is 13.8 Å². The Hall–Kier alpha value is -3.17. The minimum Gasteiger partial charge on any atom is -0.467 e. The van der Waals surface area contributed by atoms with Crippen LogP contribution in [0.25, 0.3) is 0 Å². The van der Waals surface area contributed by atoms with Crippen molar-refractivity contribution in [1.82, 2.24) is 20.9 Å². The second kappa shape index (κ2) is 11.6. The van der Waals surface area contributed by atoms with Crippen molar-refractivity contribution in [2.45, 2.75) is 71.5 Å². The Morgan fingerprint density at radius 1 is 1.06 bits per heavy atom. The third kappa shape index (κ3) is 7.73. The molecule has 1 aliphatic heterocycles. The van der Waals surface area contributed by atoms with Gasteiger partial charge in [0.2, 0.25) is 17.7 Å². The van der Waals surface area contributed by atoms with E-state index in [9.17, 15) is 19.2 Å². The van der Waals surface area contributed by atoms with Crippen LogP contribution in [-0.2, 0) is 30.3 Å². The molecule has 1 aromatic rings. The Morgan fingerprint density at radius 3 is 2.42 bits per heavy atom. The van der Waals surface area contributed by atoms with Crippen molar-refractivity contribution in [2.24, 2.45) is 5.41 Å². The maximum atomic E-state index is 12.9. The molecule has 4 N–H and O–H groups in total. The molecular weight excluding hydrogens is 426 g/mol. The number of anilines is 1. The minimum atomic E-state index is -0.895. The summed E-state index contributed by atoms with van der Waals surface area (Å²) in [4.78, 5) is 54.4. The van der Waals surface area contributed by atoms with Gasteiger partial charge in [0, 0.05) is 18.2 Å². The summed E-state index contributed by atoms with van der Waals surface area (Å²) >= 11 is 0. The number of carbonyl (C=O) groups excluding carboxylic acids is 4. The number of nitrogens with one attached hydrogen (secondary N) is 4. The lowest BCUT2D eigenvalue weighted by Crippen LogP contribution is -2.55. The number of aromatic nitrogens is 1. The van der Waals surface area contributed by atoms with Crippen molar-refractivity contribution in [2.75, 3.05) is 19.0 Å². The van der Waals surface area contributed by atoms with E-state index in [0.29, 0.717) is 31.6 Å². The van der Waals surface area contributed by atoms with E-state index in [1.807, 2.05) is 26.0 Å². The summed E-state index contributed by atoms with van der Waals surface area (Å²) in [5, 5.41) is 11.2. The third-order valence-electron chi connectivity index (χ3n) is 5.61. The van der Waals surface area contributed by atoms with Crippen LogP contribution in [0.2, 0.25) is 0 Å². The third-order valence-corrected chi connectivity index (χ3v) is 5.61. The molecule has 1 aromatic heterocycles. The van der Waals surface area contributed by atoms with Gasteiger partial charge in [-0.2, -0.15) is 0 Å². The van der Waals surface area contributed by atoms with Crippen LogP contribution in [0.3, 0.4) is 0 Å². The number of carbonyl (C=O) groups is 4. The molecule has 0 aromatic carbocycles. The smallest absolute Gasteiger partial charge is 0.328 e. The van der Waals surface area contributed by atoms with Crippen LogP contribution in [0.1, 0.15) is 52.5 Å². The van der Waals surface area contributed by atoms with Crippen molar-refractivity contribution >= 4 is 29.5 Å². The molecular formula is C23H35N5O5. The molecule has 0 saturated carbocycles. The van der Waals surface area contributed by atoms with Gasteiger partial charge >= 0.3 is 5.97 Å². The number of hydrogen-bond acceptors (Lipinski definition) is 7. The first-order valence-electron chi connectivity index (χ1n) is 11.2. The van der Waals surface area contributed by atoms with Gasteiger partial charge < -0.3 is 26.0 Å². The van der Waals surface area contributed by atoms with Gasteiger partial charge in [0.1, 0.15) is 23.9 Å². The number of pyridine rings is 1. The number of nitrogens with zero attached hydrogens (tertiary/aromatic N) is 1. The minimum absolute atomic E-state index is 0.280. The molecule has 33 heavy (non-hydrogen) atoms. The SMILES string of the molecule is COC(=O)[C@@H]1CCCCNc2cc(ccn2)CC(C)(C)C(=O)N[C@@H](C)C(=O)N[C@@H](C)C(=O)N1. The topological polar surface area (TPSA) is 139 Å². The van der Waals surface area contributed by atoms with Gasteiger partial charge in [0.05, 0.1) is 7.11 Å². The Kier molecular flexibility index (Phi) is 9.19. The molecule has 0 radical (unpaired) electrons. The van der Waals surface area contributed by atoms with Gasteiger partial charge in [0.25, 0.3) is 0 Å². The predicted octanol–water partition coefficient (Wildman–Crippen LogP) is 0.913. The van der Waals surface area contributed by atoms with E-state index in [1.54, 1.807) is 13.1 Å². The van der Waals surface area contributed by atoms with E-state index in [0.717, 1.165) is 12.0 Å². The van der Waals surface area contributed by atoms with Crippen molar-refractivity contribution in [1.29, 1.82) is 0 Å². The standard InChI is InChI=1S/C23H35N5O5/c1-14-20(30)28-17(21(31)33-5)8-6-7-10-24-18-12-16(9-11-25-18)13-23(3,4)22(32)27-15(2)19(29)26-14/h9,11-12,14-15,17H,6-8,10,13H2,1-5H3,(H,24,25)(H,26,29)(H,27,32)(H,28,30)/t14-,15-,17-/m0/s1. The number of hydrogen-bond donors (Lipinski definition) is 4. The molecule has 0 unspecified atom stereocenters. The highest BCUT2D eigenvalue weighted by Gasteiger charge is 2.31. The zero-order valence-corrected chi connectivity index (χ0v) is 20.0. The van der Waals surface area contributed by atoms with Crippen molar-refractivity contribution in [3.63, 3.8) is 0 Å². The van der Waals surface area contributed by atoms with E-state index in [4.69, 9.17) is 4.74 Å². The van der Waals surface area contributed by atoms with Crippen LogP contribution >= 0.6 is 0 Å². The van der Waals surface area contributed by atoms with Gasteiger partial charge in [-0.25, -0.2) is 9.78 Å². The molecule has 2 bridgehead atoms. The molecule has 182 valence electrons. The molecule has 10 nitrogen and oxygen atoms in total. The van der Waals surface area contributed by atoms with Gasteiger partial charge in [-0.05, 0) is 57.2 Å². The molecule has 0 spiro atoms. The van der Waals surface area contributed by atoms with Crippen LogP contribution in [0, 0.1) is 5.41 Å². The van der Waals surface area contributed by atoms with Crippen LogP contribution in [0.5, 0.6) is 0 Å². The average molecular weight is 462 g/mol. The summed E-state index contributed by atoms with van der Waals surface area (Å²) in [6, 6.07) is 1.20. The van der Waals surface area contributed by atoms with Crippen LogP contribution < -0.4 is 21.3 Å². The maximum absolute atomic E-state index is 12.9. The second-order valence-corrected chi connectivity index (χ2v) is 9.04. The maximum Gasteiger partial charge on any atom is 0.328 e. The second-order valence-electron chi connectivity index (χ2n) is 9.04. The lowest BCUT2D eigenvalue weighted by molar-refractivity contribution is -0.145. The lowest BCUT2D eigenvalue weighted by atomic mass is 9.84. The molecule has 10 heteroatoms. The van der Waals surface area contributed by atoms with E-state index >= 15 is 0 Å². The number of fused-ring (bicyclic) bond motifs is 2. The first-order valence-corrected chi connectivity index (χ1v) is 11.2. The summed E-state index contributed by atoms with van der Waals surface area (Å²) in [5.74, 6) is -1.13. The number of ether oxygens (including phenoxy) is 1. The first kappa shape index (κ1) is 26.1. The summed E-state index contributed by atoms with van der Waals surface area (Å²) in [7, 11) is 1.26. The quantitative estimate of drug-likeness (QED) is 0.456. The molecule has 3 amide bonds. The molecule has 3 atom stereocenters. The Bertz CT molecular complexity index is 873. The monoisotopic (exact) mass is 461 g/mol. The zero-order chi connectivity index (χ0) is 24.6. The fourth-order valence-electron chi connectivity index (χ4n) is 3.51. The van der Waals surface area contributed by atoms with E-state index in [2.05, 4.69) is 26.3 Å². The summed E-state index contributed by atoms with van der Waals surface area (Å²) in [6.45, 7) is 7.33. The van der Waals surface area contributed by atoms with Gasteiger partial charge in [0.15, 0.2) is 0 Å². The molecule has 0 fully saturated rings.